The zero-order chi connectivity index (χ0) is 14.9. The third-order valence-electron chi connectivity index (χ3n) is 7.71. The van der Waals surface area contributed by atoms with Crippen LogP contribution in [-0.4, -0.2) is 11.9 Å². The lowest BCUT2D eigenvalue weighted by Gasteiger charge is -2.55. The van der Waals surface area contributed by atoms with Crippen molar-refractivity contribution >= 4 is 11.9 Å². The van der Waals surface area contributed by atoms with Crippen molar-refractivity contribution in [2.75, 3.05) is 0 Å². The molecule has 6 saturated carbocycles. The van der Waals surface area contributed by atoms with Crippen molar-refractivity contribution in [3.63, 3.8) is 0 Å². The minimum Gasteiger partial charge on any atom is -0.393 e. The summed E-state index contributed by atoms with van der Waals surface area (Å²) in [5.74, 6) is 3.06. The maximum absolute atomic E-state index is 12.8. The summed E-state index contributed by atoms with van der Waals surface area (Å²) >= 11 is 0. The van der Waals surface area contributed by atoms with Gasteiger partial charge in [-0.2, -0.15) is 0 Å². The normalized spacial score (nSPS) is 51.3. The molecule has 0 spiro atoms. The van der Waals surface area contributed by atoms with Gasteiger partial charge in [-0.3, -0.25) is 9.59 Å². The van der Waals surface area contributed by atoms with Gasteiger partial charge in [0.1, 0.15) is 0 Å². The molecule has 0 N–H and O–H groups in total. The topological polar surface area (TPSA) is 43.4 Å². The van der Waals surface area contributed by atoms with Crippen LogP contribution in [0.4, 0.5) is 0 Å². The van der Waals surface area contributed by atoms with E-state index in [0.29, 0.717) is 5.92 Å². The van der Waals surface area contributed by atoms with E-state index in [-0.39, 0.29) is 23.3 Å². The largest absolute Gasteiger partial charge is 0.393 e. The van der Waals surface area contributed by atoms with Crippen LogP contribution in [0.1, 0.15) is 64.2 Å². The standard InChI is InChI=1S/C19H26O3/c20-17(16-7-11-1-2-15(16)6-11)22-18(21)19-8-12-3-13(9-19)5-14(4-12)10-19/h11-16H,1-10H2. The van der Waals surface area contributed by atoms with Crippen LogP contribution < -0.4 is 0 Å². The second-order valence-corrected chi connectivity index (χ2v) is 9.19. The summed E-state index contributed by atoms with van der Waals surface area (Å²) in [5.41, 5.74) is -0.290. The molecule has 0 radical (unpaired) electrons. The molecule has 6 bridgehead atoms. The van der Waals surface area contributed by atoms with Crippen LogP contribution in [-0.2, 0) is 14.3 Å². The van der Waals surface area contributed by atoms with Gasteiger partial charge in [0.15, 0.2) is 0 Å². The first-order chi connectivity index (χ1) is 10.6. The second-order valence-electron chi connectivity index (χ2n) is 9.19. The highest BCUT2D eigenvalue weighted by atomic mass is 16.6. The number of hydrogen-bond donors (Lipinski definition) is 0. The van der Waals surface area contributed by atoms with E-state index in [0.717, 1.165) is 55.8 Å². The minimum absolute atomic E-state index is 0.0246. The molecule has 3 nitrogen and oxygen atoms in total. The highest BCUT2D eigenvalue weighted by Crippen LogP contribution is 2.60. The highest BCUT2D eigenvalue weighted by Gasteiger charge is 2.56. The summed E-state index contributed by atoms with van der Waals surface area (Å²) < 4.78 is 5.49. The molecule has 3 unspecified atom stereocenters. The average Bonchev–Trinajstić information content (AvgIpc) is 3.08. The van der Waals surface area contributed by atoms with Gasteiger partial charge < -0.3 is 4.74 Å². The van der Waals surface area contributed by atoms with E-state index >= 15 is 0 Å². The molecular formula is C19H26O3. The fourth-order valence-electron chi connectivity index (χ4n) is 7.17. The van der Waals surface area contributed by atoms with Crippen LogP contribution in [0.5, 0.6) is 0 Å². The maximum atomic E-state index is 12.8. The second kappa shape index (κ2) is 4.58. The van der Waals surface area contributed by atoms with Crippen molar-refractivity contribution < 1.29 is 14.3 Å². The summed E-state index contributed by atoms with van der Waals surface area (Å²) in [6.07, 6.45) is 11.5. The van der Waals surface area contributed by atoms with E-state index < -0.39 is 0 Å². The van der Waals surface area contributed by atoms with Crippen molar-refractivity contribution in [2.24, 2.45) is 40.9 Å². The van der Waals surface area contributed by atoms with Crippen molar-refractivity contribution in [1.29, 1.82) is 0 Å². The first-order valence-corrected chi connectivity index (χ1v) is 9.37. The van der Waals surface area contributed by atoms with E-state index in [1.54, 1.807) is 0 Å². The molecular weight excluding hydrogens is 276 g/mol. The van der Waals surface area contributed by atoms with E-state index in [2.05, 4.69) is 0 Å². The van der Waals surface area contributed by atoms with Crippen LogP contribution in [0.25, 0.3) is 0 Å². The number of ether oxygens (including phenoxy) is 1. The number of carbonyl (C=O) groups is 2. The molecule has 0 aromatic rings. The molecule has 0 aromatic heterocycles. The average molecular weight is 302 g/mol. The molecule has 22 heavy (non-hydrogen) atoms. The van der Waals surface area contributed by atoms with Crippen LogP contribution in [0.15, 0.2) is 0 Å². The molecule has 6 aliphatic rings. The fraction of sp³-hybridized carbons (Fsp3) is 0.895. The Bertz CT molecular complexity index is 487. The Morgan fingerprint density at radius 3 is 1.91 bits per heavy atom. The maximum Gasteiger partial charge on any atom is 0.319 e. The first kappa shape index (κ1) is 13.6. The highest BCUT2D eigenvalue weighted by molar-refractivity contribution is 5.90. The zero-order valence-corrected chi connectivity index (χ0v) is 13.3. The predicted octanol–water partition coefficient (Wildman–Crippen LogP) is 3.71. The summed E-state index contributed by atoms with van der Waals surface area (Å²) in [7, 11) is 0. The lowest BCUT2D eigenvalue weighted by atomic mass is 9.49. The number of hydrogen-bond acceptors (Lipinski definition) is 3. The zero-order valence-electron chi connectivity index (χ0n) is 13.3. The Balaban J connectivity index is 1.30. The van der Waals surface area contributed by atoms with Gasteiger partial charge in [-0.1, -0.05) is 6.42 Å². The molecule has 0 aliphatic heterocycles. The molecule has 120 valence electrons. The smallest absolute Gasteiger partial charge is 0.319 e. The molecule has 0 amide bonds. The van der Waals surface area contributed by atoms with Gasteiger partial charge in [0.2, 0.25) is 0 Å². The third kappa shape index (κ3) is 1.93. The Morgan fingerprint density at radius 1 is 0.773 bits per heavy atom. The molecule has 0 heterocycles. The molecule has 6 rings (SSSR count). The lowest BCUT2D eigenvalue weighted by molar-refractivity contribution is -0.181. The summed E-state index contributed by atoms with van der Waals surface area (Å²) in [5, 5.41) is 0. The quantitative estimate of drug-likeness (QED) is 0.577. The van der Waals surface area contributed by atoms with Crippen molar-refractivity contribution in [3.8, 4) is 0 Å². The van der Waals surface area contributed by atoms with Crippen molar-refractivity contribution in [2.45, 2.75) is 64.2 Å². The monoisotopic (exact) mass is 302 g/mol. The predicted molar refractivity (Wildman–Crippen MR) is 80.6 cm³/mol. The number of carbonyl (C=O) groups excluding carboxylic acids is 2. The Kier molecular flexibility index (Phi) is 2.82. The molecule has 3 heteroatoms. The number of rotatable bonds is 2. The van der Waals surface area contributed by atoms with Crippen molar-refractivity contribution in [1.82, 2.24) is 0 Å². The van der Waals surface area contributed by atoms with E-state index in [9.17, 15) is 9.59 Å². The molecule has 0 saturated heterocycles. The summed E-state index contributed by atoms with van der Waals surface area (Å²) in [6, 6.07) is 0. The minimum atomic E-state index is -0.290. The Labute approximate surface area is 132 Å². The van der Waals surface area contributed by atoms with Gasteiger partial charge in [-0.05, 0) is 87.4 Å². The van der Waals surface area contributed by atoms with E-state index in [1.165, 1.54) is 32.1 Å². The van der Waals surface area contributed by atoms with Gasteiger partial charge >= 0.3 is 11.9 Å². The van der Waals surface area contributed by atoms with Crippen molar-refractivity contribution in [3.05, 3.63) is 0 Å². The fourth-order valence-corrected chi connectivity index (χ4v) is 7.17. The van der Waals surface area contributed by atoms with Crippen LogP contribution in [0.2, 0.25) is 0 Å². The van der Waals surface area contributed by atoms with Crippen LogP contribution in [0.3, 0.4) is 0 Å². The first-order valence-electron chi connectivity index (χ1n) is 9.37. The molecule has 6 fully saturated rings. The number of esters is 2. The number of fused-ring (bicyclic) bond motifs is 2. The van der Waals surface area contributed by atoms with E-state index in [1.807, 2.05) is 0 Å². The van der Waals surface area contributed by atoms with Gasteiger partial charge in [-0.15, -0.1) is 0 Å². The Hall–Kier alpha value is -0.860. The van der Waals surface area contributed by atoms with Gasteiger partial charge in [0.25, 0.3) is 0 Å². The summed E-state index contributed by atoms with van der Waals surface area (Å²) in [6.45, 7) is 0. The van der Waals surface area contributed by atoms with Gasteiger partial charge in [0, 0.05) is 0 Å². The summed E-state index contributed by atoms with van der Waals surface area (Å²) in [4.78, 5) is 25.3. The molecule has 0 aromatic carbocycles. The molecule has 3 atom stereocenters. The molecule has 6 aliphatic carbocycles. The van der Waals surface area contributed by atoms with Crippen LogP contribution >= 0.6 is 0 Å². The Morgan fingerprint density at radius 2 is 1.41 bits per heavy atom. The van der Waals surface area contributed by atoms with Gasteiger partial charge in [-0.25, -0.2) is 0 Å². The van der Waals surface area contributed by atoms with Gasteiger partial charge in [0.05, 0.1) is 11.3 Å². The van der Waals surface area contributed by atoms with Crippen LogP contribution in [0, 0.1) is 40.9 Å². The SMILES string of the molecule is O=C(OC(=O)C12CC3CC(CC(C3)C1)C2)C1CC2CCC1C2. The third-order valence-corrected chi connectivity index (χ3v) is 7.71. The van der Waals surface area contributed by atoms with E-state index in [4.69, 9.17) is 4.74 Å². The lowest BCUT2D eigenvalue weighted by Crippen LogP contribution is -2.51.